The number of fused-ring (bicyclic) bond motifs is 1. The molecule has 0 heterocycles. The van der Waals surface area contributed by atoms with Gasteiger partial charge in [0.15, 0.2) is 0 Å². The Labute approximate surface area is 427 Å². The average Bonchev–Trinajstić information content (AvgIpc) is 3.34. The summed E-state index contributed by atoms with van der Waals surface area (Å²) < 4.78 is 0. The van der Waals surface area contributed by atoms with Gasteiger partial charge in [0.05, 0.1) is 17.1 Å². The minimum atomic E-state index is -0.173. The topological polar surface area (TPSA) is 74.1 Å². The summed E-state index contributed by atoms with van der Waals surface area (Å²) >= 11 is 0. The quantitative estimate of drug-likeness (QED) is 0.0266. The van der Waals surface area contributed by atoms with Gasteiger partial charge in [-0.15, -0.1) is 11.5 Å². The molecule has 0 aliphatic rings. The molecule has 4 rings (SSSR count). The molecule has 0 saturated heterocycles. The monoisotopic (exact) mass is 972 g/mol. The molecular weight excluding hydrogens is 877 g/mol. The van der Waals surface area contributed by atoms with E-state index in [0.29, 0.717) is 5.39 Å². The molecule has 0 N–H and O–H groups in total. The zero-order valence-electron chi connectivity index (χ0n) is 44.5. The molecule has 0 saturated carbocycles. The summed E-state index contributed by atoms with van der Waals surface area (Å²) in [4.78, 5) is 12.5. The second-order valence-electron chi connectivity index (χ2n) is 19.2. The van der Waals surface area contributed by atoms with Crippen molar-refractivity contribution in [3.05, 3.63) is 88.5 Å². The number of unbranched alkanes of at least 4 members (excludes halogenated alkanes) is 16. The molecule has 0 aliphatic heterocycles. The Balaban J connectivity index is 0.000000599. The Morgan fingerprint density at radius 2 is 0.897 bits per heavy atom. The Bertz CT molecular complexity index is 2000. The molecule has 0 aliphatic carbocycles. The van der Waals surface area contributed by atoms with E-state index in [9.17, 15) is 10.2 Å². The van der Waals surface area contributed by atoms with Crippen molar-refractivity contribution in [1.29, 1.82) is 0 Å². The Hall–Kier alpha value is -3.63. The van der Waals surface area contributed by atoms with Crippen molar-refractivity contribution < 1.29 is 26.7 Å². The molecule has 0 fully saturated rings. The first-order valence-electron chi connectivity index (χ1n) is 27.8. The summed E-state index contributed by atoms with van der Waals surface area (Å²) in [5.41, 5.74) is 11.5. The number of benzene rings is 4. The van der Waals surface area contributed by atoms with Crippen molar-refractivity contribution in [3.8, 4) is 11.5 Å². The predicted octanol–water partition coefficient (Wildman–Crippen LogP) is 17.8. The largest absolute Gasteiger partial charge is 2.00 e. The zero-order chi connectivity index (χ0) is 48.5. The second-order valence-corrected chi connectivity index (χ2v) is 19.2. The normalized spacial score (nSPS) is 11.6. The van der Waals surface area contributed by atoms with Gasteiger partial charge in [-0.2, -0.15) is 0 Å². The number of anilines is 1. The fraction of sp³-hybridized carbons (Fsp3) is 0.613. The fourth-order valence-electron chi connectivity index (χ4n) is 9.33. The van der Waals surface area contributed by atoms with Crippen LogP contribution in [0.4, 0.5) is 17.1 Å². The number of aliphatic imine (C=N–C) groups is 2. The van der Waals surface area contributed by atoms with Crippen LogP contribution < -0.4 is 15.1 Å². The van der Waals surface area contributed by atoms with E-state index in [1.165, 1.54) is 170 Å². The van der Waals surface area contributed by atoms with Crippen LogP contribution in [0.25, 0.3) is 10.8 Å². The number of hydrogen-bond acceptors (Lipinski definition) is 5. The maximum Gasteiger partial charge on any atom is 2.00 e. The van der Waals surface area contributed by atoms with E-state index in [1.807, 2.05) is 6.07 Å². The summed E-state index contributed by atoms with van der Waals surface area (Å²) in [6.07, 6.45) is 37.2. The van der Waals surface area contributed by atoms with Crippen molar-refractivity contribution >= 4 is 39.8 Å². The van der Waals surface area contributed by atoms with Gasteiger partial charge in [0.1, 0.15) is 0 Å². The van der Waals surface area contributed by atoms with Crippen LogP contribution in [0.3, 0.4) is 0 Å². The van der Waals surface area contributed by atoms with E-state index < -0.39 is 0 Å². The maximum atomic E-state index is 12.3. The van der Waals surface area contributed by atoms with Crippen molar-refractivity contribution in [1.82, 2.24) is 0 Å². The number of rotatable bonds is 34. The second kappa shape index (κ2) is 37.2. The molecule has 4 aromatic rings. The van der Waals surface area contributed by atoms with E-state index in [1.54, 1.807) is 12.1 Å². The summed E-state index contributed by atoms with van der Waals surface area (Å²) in [7, 11) is 0. The molecule has 0 amide bonds. The number of nitrogens with zero attached hydrogens (tertiary/aromatic N) is 3. The van der Waals surface area contributed by atoms with Gasteiger partial charge in [-0.3, -0.25) is 9.98 Å². The fourth-order valence-corrected chi connectivity index (χ4v) is 9.33. The van der Waals surface area contributed by atoms with Gasteiger partial charge in [0, 0.05) is 30.4 Å². The Kier molecular flexibility index (Phi) is 33.1. The van der Waals surface area contributed by atoms with Crippen LogP contribution in [0.1, 0.15) is 231 Å². The van der Waals surface area contributed by atoms with Crippen LogP contribution in [0.2, 0.25) is 0 Å². The third-order valence-corrected chi connectivity index (χ3v) is 13.5. The van der Waals surface area contributed by atoms with Crippen LogP contribution in [0, 0.1) is 0 Å². The maximum absolute atomic E-state index is 12.3. The van der Waals surface area contributed by atoms with E-state index >= 15 is 0 Å². The average molecular weight is 973 g/mol. The molecule has 380 valence electrons. The van der Waals surface area contributed by atoms with Crippen LogP contribution >= 0.6 is 0 Å². The van der Waals surface area contributed by atoms with Gasteiger partial charge < -0.3 is 15.1 Å². The van der Waals surface area contributed by atoms with Crippen molar-refractivity contribution in [2.24, 2.45) is 9.98 Å². The van der Waals surface area contributed by atoms with Gasteiger partial charge in [0.2, 0.25) is 0 Å². The molecule has 0 atom stereocenters. The zero-order valence-corrected chi connectivity index (χ0v) is 45.5. The molecular formula is C62H95N3NiO2. The summed E-state index contributed by atoms with van der Waals surface area (Å²) in [5, 5.41) is 25.5. The third-order valence-electron chi connectivity index (χ3n) is 13.5. The minimum absolute atomic E-state index is 0. The van der Waals surface area contributed by atoms with E-state index in [2.05, 4.69) is 103 Å². The van der Waals surface area contributed by atoms with Gasteiger partial charge in [-0.05, 0) is 148 Å². The smallest absolute Gasteiger partial charge is 0.872 e. The molecule has 0 spiro atoms. The first-order valence-corrected chi connectivity index (χ1v) is 27.8. The van der Waals surface area contributed by atoms with Gasteiger partial charge in [-0.25, -0.2) is 0 Å². The van der Waals surface area contributed by atoms with E-state index in [4.69, 9.17) is 9.98 Å². The molecule has 0 radical (unpaired) electrons. The van der Waals surface area contributed by atoms with Gasteiger partial charge in [-0.1, -0.05) is 181 Å². The van der Waals surface area contributed by atoms with Gasteiger partial charge >= 0.3 is 16.5 Å². The molecule has 0 aromatic heterocycles. The van der Waals surface area contributed by atoms with Gasteiger partial charge in [0.25, 0.3) is 0 Å². The first kappa shape index (κ1) is 60.5. The van der Waals surface area contributed by atoms with Crippen LogP contribution in [-0.4, -0.2) is 25.0 Å². The third kappa shape index (κ3) is 22.0. The van der Waals surface area contributed by atoms with E-state index in [0.717, 1.165) is 85.3 Å². The molecule has 0 bridgehead atoms. The molecule has 5 nitrogen and oxygen atoms in total. The summed E-state index contributed by atoms with van der Waals surface area (Å²) in [5.74, 6) is -0.314. The van der Waals surface area contributed by atoms with Crippen molar-refractivity contribution in [2.45, 2.75) is 235 Å². The molecule has 68 heavy (non-hydrogen) atoms. The molecule has 6 heteroatoms. The van der Waals surface area contributed by atoms with Crippen LogP contribution in [-0.2, 0) is 48.6 Å². The summed E-state index contributed by atoms with van der Waals surface area (Å²) in [6.45, 7) is 19.5. The molecule has 4 aromatic carbocycles. The summed E-state index contributed by atoms with van der Waals surface area (Å²) in [6, 6.07) is 20.7. The minimum Gasteiger partial charge on any atom is -0.872 e. The predicted molar refractivity (Wildman–Crippen MR) is 293 cm³/mol. The van der Waals surface area contributed by atoms with Crippen LogP contribution in [0.15, 0.2) is 70.6 Å². The van der Waals surface area contributed by atoms with Crippen molar-refractivity contribution in [2.75, 3.05) is 18.0 Å². The van der Waals surface area contributed by atoms with Crippen molar-refractivity contribution in [3.63, 3.8) is 0 Å². The Morgan fingerprint density at radius 3 is 1.40 bits per heavy atom. The first-order chi connectivity index (χ1) is 32.8. The standard InChI is InChI=1S/C44H72N2.C18H25NO2.Ni/c1-6-11-16-17-18-19-20-21-22-23-24-25-30-44(46-43-34-32-39(27-13-8-3)41(36-43)29-15-10-5)37-45-42-33-31-38(26-12-7-2)40(35-42)28-14-9-4;1-4-7-9-13-12-16(21)17-14(10-8-11-15(17)20)18(13)19(5-2)6-3;/h31-37H,6-30H2,1-5H3;8,10-12,20-21H,4-7,9H2,1-3H3;/q;;+2/p-2. The number of hydrogen-bond donors (Lipinski definition) is 0. The van der Waals surface area contributed by atoms with E-state index in [-0.39, 0.29) is 28.0 Å². The van der Waals surface area contributed by atoms with Crippen LogP contribution in [0.5, 0.6) is 11.5 Å². The SMILES string of the molecule is CCCCCCCCCCCCCCC(C=Nc1ccc(CCCC)c(CCCC)c1)=Nc1ccc(CCCC)c(CCCC)c1.CCCCc1cc([O-])c2c([O-])cccc2c1N(CC)CC.[Ni+2]. The number of aryl methyl sites for hydroxylation is 5. The molecule has 0 unspecified atom stereocenters. The Morgan fingerprint density at radius 1 is 0.456 bits per heavy atom.